The normalized spacial score (nSPS) is 22.2. The van der Waals surface area contributed by atoms with Gasteiger partial charge in [0, 0.05) is 23.9 Å². The molecule has 2 rings (SSSR count). The summed E-state index contributed by atoms with van der Waals surface area (Å²) >= 11 is 4.30. The van der Waals surface area contributed by atoms with Crippen molar-refractivity contribution in [3.63, 3.8) is 0 Å². The van der Waals surface area contributed by atoms with Crippen LogP contribution in [0.3, 0.4) is 0 Å². The van der Waals surface area contributed by atoms with Crippen molar-refractivity contribution < 1.29 is 14.3 Å². The molecule has 1 atom stereocenters. The lowest BCUT2D eigenvalue weighted by Crippen LogP contribution is -2.48. The smallest absolute Gasteiger partial charge is 0.213 e. The Bertz CT molecular complexity index is 458. The van der Waals surface area contributed by atoms with Gasteiger partial charge in [-0.15, -0.1) is 0 Å². The molecule has 1 fully saturated rings. The number of ether oxygens (including phenoxy) is 2. The van der Waals surface area contributed by atoms with Crippen molar-refractivity contribution in [2.24, 2.45) is 0 Å². The Kier molecular flexibility index (Phi) is 5.87. The fourth-order valence-corrected chi connectivity index (χ4v) is 2.31. The average Bonchev–Trinajstić information content (AvgIpc) is 2.43. The first-order chi connectivity index (χ1) is 10.1. The number of ketones is 1. The first-order valence-corrected chi connectivity index (χ1v) is 7.79. The highest BCUT2D eigenvalue weighted by Gasteiger charge is 2.31. The molecule has 1 aliphatic carbocycles. The van der Waals surface area contributed by atoms with Crippen LogP contribution in [-0.4, -0.2) is 34.9 Å². The second-order valence-corrected chi connectivity index (χ2v) is 6.04. The highest BCUT2D eigenvalue weighted by atomic mass is 32.1. The molecule has 21 heavy (non-hydrogen) atoms. The molecule has 0 bridgehead atoms. The van der Waals surface area contributed by atoms with Gasteiger partial charge in [-0.25, -0.2) is 4.98 Å². The van der Waals surface area contributed by atoms with E-state index in [0.29, 0.717) is 24.1 Å². The Labute approximate surface area is 130 Å². The summed E-state index contributed by atoms with van der Waals surface area (Å²) in [6.07, 6.45) is 4.21. The number of hydrogen-bond acceptors (Lipinski definition) is 6. The Morgan fingerprint density at radius 1 is 1.52 bits per heavy atom. The SMILES string of the molecule is CCC(=O)COc1ccc(OC2CC(NC(C)S)C2)nc1. The molecule has 5 nitrogen and oxygen atoms in total. The van der Waals surface area contributed by atoms with Crippen LogP contribution in [0.5, 0.6) is 11.6 Å². The molecule has 1 aromatic heterocycles. The van der Waals surface area contributed by atoms with E-state index in [9.17, 15) is 4.79 Å². The first kappa shape index (κ1) is 16.1. The highest BCUT2D eigenvalue weighted by Crippen LogP contribution is 2.26. The number of thiol groups is 1. The van der Waals surface area contributed by atoms with Crippen molar-refractivity contribution in [2.45, 2.75) is 50.6 Å². The number of nitrogens with one attached hydrogen (secondary N) is 1. The monoisotopic (exact) mass is 310 g/mol. The molecule has 0 aliphatic heterocycles. The van der Waals surface area contributed by atoms with E-state index in [1.165, 1.54) is 0 Å². The zero-order valence-electron chi connectivity index (χ0n) is 12.4. The van der Waals surface area contributed by atoms with E-state index in [1.54, 1.807) is 18.3 Å². The summed E-state index contributed by atoms with van der Waals surface area (Å²) in [5, 5.41) is 3.55. The molecule has 0 spiro atoms. The Morgan fingerprint density at radius 3 is 2.86 bits per heavy atom. The number of rotatable bonds is 8. The number of nitrogens with zero attached hydrogens (tertiary/aromatic N) is 1. The van der Waals surface area contributed by atoms with E-state index in [-0.39, 0.29) is 23.9 Å². The molecule has 1 aromatic rings. The third-order valence-corrected chi connectivity index (χ3v) is 3.51. The molecular formula is C15H22N2O3S. The summed E-state index contributed by atoms with van der Waals surface area (Å²) in [5.41, 5.74) is 0. The van der Waals surface area contributed by atoms with Crippen molar-refractivity contribution in [1.82, 2.24) is 10.3 Å². The minimum atomic E-state index is 0.0711. The summed E-state index contributed by atoms with van der Waals surface area (Å²) in [6, 6.07) is 4.02. The van der Waals surface area contributed by atoms with Gasteiger partial charge in [0.1, 0.15) is 18.5 Å². The van der Waals surface area contributed by atoms with Crippen LogP contribution in [0.15, 0.2) is 18.3 Å². The van der Waals surface area contributed by atoms with Gasteiger partial charge < -0.3 is 14.8 Å². The van der Waals surface area contributed by atoms with Gasteiger partial charge in [0.25, 0.3) is 0 Å². The van der Waals surface area contributed by atoms with Crippen LogP contribution in [-0.2, 0) is 4.79 Å². The van der Waals surface area contributed by atoms with E-state index in [4.69, 9.17) is 9.47 Å². The van der Waals surface area contributed by atoms with Gasteiger partial charge in [-0.1, -0.05) is 6.92 Å². The highest BCUT2D eigenvalue weighted by molar-refractivity contribution is 7.80. The fourth-order valence-electron chi connectivity index (χ4n) is 2.10. The van der Waals surface area contributed by atoms with E-state index in [1.807, 2.05) is 13.8 Å². The third kappa shape index (κ3) is 5.21. The molecule has 1 heterocycles. The van der Waals surface area contributed by atoms with Gasteiger partial charge in [0.05, 0.1) is 6.20 Å². The molecule has 0 saturated heterocycles. The number of Topliss-reactive ketones (excluding diaryl/α,β-unsaturated/α-hetero) is 1. The topological polar surface area (TPSA) is 60.5 Å². The van der Waals surface area contributed by atoms with Crippen molar-refractivity contribution in [3.05, 3.63) is 18.3 Å². The Morgan fingerprint density at radius 2 is 2.29 bits per heavy atom. The molecule has 1 aliphatic rings. The second kappa shape index (κ2) is 7.66. The molecular weight excluding hydrogens is 288 g/mol. The number of carbonyl (C=O) groups excluding carboxylic acids is 1. The van der Waals surface area contributed by atoms with Gasteiger partial charge in [-0.05, 0) is 25.8 Å². The second-order valence-electron chi connectivity index (χ2n) is 5.26. The Balaban J connectivity index is 1.72. The lowest BCUT2D eigenvalue weighted by atomic mass is 9.89. The molecule has 1 unspecified atom stereocenters. The number of carbonyl (C=O) groups is 1. The lowest BCUT2D eigenvalue weighted by Gasteiger charge is -2.36. The van der Waals surface area contributed by atoms with Crippen LogP contribution in [0.1, 0.15) is 33.1 Å². The van der Waals surface area contributed by atoms with Gasteiger partial charge >= 0.3 is 0 Å². The first-order valence-electron chi connectivity index (χ1n) is 7.28. The van der Waals surface area contributed by atoms with Crippen molar-refractivity contribution in [1.29, 1.82) is 0 Å². The maximum absolute atomic E-state index is 11.2. The number of hydrogen-bond donors (Lipinski definition) is 2. The summed E-state index contributed by atoms with van der Waals surface area (Å²) in [4.78, 5) is 15.4. The zero-order valence-corrected chi connectivity index (χ0v) is 13.3. The van der Waals surface area contributed by atoms with Gasteiger partial charge in [0.2, 0.25) is 5.88 Å². The summed E-state index contributed by atoms with van der Waals surface area (Å²) in [7, 11) is 0. The molecule has 116 valence electrons. The van der Waals surface area contributed by atoms with Crippen LogP contribution in [0, 0.1) is 0 Å². The fraction of sp³-hybridized carbons (Fsp3) is 0.600. The van der Waals surface area contributed by atoms with Crippen LogP contribution in [0.25, 0.3) is 0 Å². The standard InChI is InChI=1S/C15H22N2O3S/c1-3-12(18)9-19-13-4-5-15(16-8-13)20-14-6-11(7-14)17-10(2)21/h4-5,8,10-11,14,17,21H,3,6-7,9H2,1-2H3. The van der Waals surface area contributed by atoms with Crippen molar-refractivity contribution in [3.8, 4) is 11.6 Å². The summed E-state index contributed by atoms with van der Waals surface area (Å²) < 4.78 is 11.1. The van der Waals surface area contributed by atoms with Gasteiger partial charge in [-0.2, -0.15) is 12.6 Å². The minimum absolute atomic E-state index is 0.0711. The van der Waals surface area contributed by atoms with Crippen LogP contribution >= 0.6 is 12.6 Å². The largest absolute Gasteiger partial charge is 0.484 e. The number of pyridine rings is 1. The predicted octanol–water partition coefficient (Wildman–Crippen LogP) is 2.21. The quantitative estimate of drug-likeness (QED) is 0.569. The maximum Gasteiger partial charge on any atom is 0.213 e. The Hall–Kier alpha value is -1.27. The summed E-state index contributed by atoms with van der Waals surface area (Å²) in [5.74, 6) is 1.24. The summed E-state index contributed by atoms with van der Waals surface area (Å²) in [6.45, 7) is 3.92. The van der Waals surface area contributed by atoms with E-state index in [0.717, 1.165) is 12.8 Å². The maximum atomic E-state index is 11.2. The van der Waals surface area contributed by atoms with E-state index >= 15 is 0 Å². The number of aromatic nitrogens is 1. The van der Waals surface area contributed by atoms with Gasteiger partial charge in [-0.3, -0.25) is 4.79 Å². The average molecular weight is 310 g/mol. The molecule has 0 radical (unpaired) electrons. The van der Waals surface area contributed by atoms with Crippen LogP contribution in [0.4, 0.5) is 0 Å². The zero-order chi connectivity index (χ0) is 15.2. The lowest BCUT2D eigenvalue weighted by molar-refractivity contribution is -0.120. The van der Waals surface area contributed by atoms with Crippen LogP contribution in [0.2, 0.25) is 0 Å². The van der Waals surface area contributed by atoms with Crippen molar-refractivity contribution >= 4 is 18.4 Å². The van der Waals surface area contributed by atoms with E-state index < -0.39 is 0 Å². The molecule has 0 amide bonds. The van der Waals surface area contributed by atoms with Gasteiger partial charge in [0.15, 0.2) is 5.78 Å². The molecule has 1 N–H and O–H groups in total. The van der Waals surface area contributed by atoms with Crippen molar-refractivity contribution in [2.75, 3.05) is 6.61 Å². The molecule has 6 heteroatoms. The minimum Gasteiger partial charge on any atom is -0.484 e. The molecule has 1 saturated carbocycles. The predicted molar refractivity (Wildman–Crippen MR) is 84.1 cm³/mol. The van der Waals surface area contributed by atoms with E-state index in [2.05, 4.69) is 22.9 Å². The third-order valence-electron chi connectivity index (χ3n) is 3.36. The van der Waals surface area contributed by atoms with Crippen LogP contribution < -0.4 is 14.8 Å². The molecule has 0 aromatic carbocycles.